The SMILES string of the molecule is Cn1cc(C(=O)N2CCC3(CCC(=O)N3CCN3CCCC3)CC2)cn1. The molecule has 3 aliphatic rings. The summed E-state index contributed by atoms with van der Waals surface area (Å²) in [4.78, 5) is 31.7. The minimum absolute atomic E-state index is 0.0253. The number of rotatable bonds is 4. The van der Waals surface area contributed by atoms with Crippen molar-refractivity contribution < 1.29 is 9.59 Å². The van der Waals surface area contributed by atoms with E-state index < -0.39 is 0 Å². The van der Waals surface area contributed by atoms with E-state index in [4.69, 9.17) is 0 Å². The minimum atomic E-state index is -0.0253. The van der Waals surface area contributed by atoms with Gasteiger partial charge in [0.05, 0.1) is 11.8 Å². The van der Waals surface area contributed by atoms with Crippen LogP contribution in [0.1, 0.15) is 48.9 Å². The van der Waals surface area contributed by atoms with Gasteiger partial charge < -0.3 is 14.7 Å². The van der Waals surface area contributed by atoms with Crippen LogP contribution < -0.4 is 0 Å². The van der Waals surface area contributed by atoms with Crippen LogP contribution in [0.3, 0.4) is 0 Å². The van der Waals surface area contributed by atoms with Gasteiger partial charge in [-0.05, 0) is 45.2 Å². The lowest BCUT2D eigenvalue weighted by atomic mass is 9.84. The first-order chi connectivity index (χ1) is 12.6. The minimum Gasteiger partial charge on any atom is -0.338 e. The Kier molecular flexibility index (Phi) is 4.73. The van der Waals surface area contributed by atoms with Gasteiger partial charge in [-0.1, -0.05) is 0 Å². The normalized spacial score (nSPS) is 23.3. The van der Waals surface area contributed by atoms with E-state index in [2.05, 4.69) is 14.9 Å². The fourth-order valence-corrected chi connectivity index (χ4v) is 4.84. The fraction of sp³-hybridized carbons (Fsp3) is 0.737. The summed E-state index contributed by atoms with van der Waals surface area (Å²) in [6.45, 7) is 5.62. The summed E-state index contributed by atoms with van der Waals surface area (Å²) in [7, 11) is 1.82. The van der Waals surface area contributed by atoms with Gasteiger partial charge in [-0.2, -0.15) is 5.10 Å². The predicted octanol–water partition coefficient (Wildman–Crippen LogP) is 1.11. The van der Waals surface area contributed by atoms with Crippen LogP contribution >= 0.6 is 0 Å². The zero-order valence-corrected chi connectivity index (χ0v) is 15.7. The van der Waals surface area contributed by atoms with Gasteiger partial charge in [-0.25, -0.2) is 0 Å². The molecular weight excluding hydrogens is 330 g/mol. The molecule has 26 heavy (non-hydrogen) atoms. The summed E-state index contributed by atoms with van der Waals surface area (Å²) < 4.78 is 1.66. The molecule has 142 valence electrons. The summed E-state index contributed by atoms with van der Waals surface area (Å²) in [5.74, 6) is 0.358. The first kappa shape index (κ1) is 17.5. The molecule has 7 nitrogen and oxygen atoms in total. The third kappa shape index (κ3) is 3.24. The van der Waals surface area contributed by atoms with Crippen LogP contribution in [0.15, 0.2) is 12.4 Å². The van der Waals surface area contributed by atoms with E-state index in [1.165, 1.54) is 25.9 Å². The van der Waals surface area contributed by atoms with Crippen LogP contribution in [0.2, 0.25) is 0 Å². The molecule has 1 aromatic rings. The van der Waals surface area contributed by atoms with Crippen LogP contribution in [0, 0.1) is 0 Å². The van der Waals surface area contributed by atoms with E-state index in [1.54, 1.807) is 17.1 Å². The number of carbonyl (C=O) groups excluding carboxylic acids is 2. The average Bonchev–Trinajstić information content (AvgIpc) is 3.37. The van der Waals surface area contributed by atoms with Crippen molar-refractivity contribution in [3.63, 3.8) is 0 Å². The maximum absolute atomic E-state index is 12.6. The highest BCUT2D eigenvalue weighted by Gasteiger charge is 2.47. The maximum atomic E-state index is 12.6. The van der Waals surface area contributed by atoms with E-state index in [0.717, 1.165) is 45.4 Å². The Morgan fingerprint density at radius 3 is 2.50 bits per heavy atom. The molecule has 3 aliphatic heterocycles. The number of carbonyl (C=O) groups is 2. The Bertz CT molecular complexity index is 671. The number of piperidine rings is 1. The van der Waals surface area contributed by atoms with Gasteiger partial charge in [0.25, 0.3) is 5.91 Å². The molecule has 1 aromatic heterocycles. The summed E-state index contributed by atoms with van der Waals surface area (Å²) >= 11 is 0. The molecule has 0 aliphatic carbocycles. The summed E-state index contributed by atoms with van der Waals surface area (Å²) in [6.07, 6.45) is 9.37. The Morgan fingerprint density at radius 1 is 1.12 bits per heavy atom. The van der Waals surface area contributed by atoms with Gasteiger partial charge in [0, 0.05) is 51.4 Å². The van der Waals surface area contributed by atoms with Gasteiger partial charge in [-0.3, -0.25) is 14.3 Å². The first-order valence-electron chi connectivity index (χ1n) is 9.88. The van der Waals surface area contributed by atoms with Gasteiger partial charge in [0.2, 0.25) is 5.91 Å². The average molecular weight is 359 g/mol. The predicted molar refractivity (Wildman–Crippen MR) is 97.7 cm³/mol. The van der Waals surface area contributed by atoms with Crippen molar-refractivity contribution in [3.05, 3.63) is 18.0 Å². The Hall–Kier alpha value is -1.89. The molecule has 0 unspecified atom stereocenters. The summed E-state index contributed by atoms with van der Waals surface area (Å²) in [5, 5.41) is 4.10. The second-order valence-electron chi connectivity index (χ2n) is 8.01. The molecule has 0 atom stereocenters. The molecule has 1 spiro atoms. The van der Waals surface area contributed by atoms with Crippen molar-refractivity contribution in [2.75, 3.05) is 39.3 Å². The van der Waals surface area contributed by atoms with E-state index in [-0.39, 0.29) is 11.4 Å². The molecule has 2 amide bonds. The molecule has 0 aromatic carbocycles. The van der Waals surface area contributed by atoms with Crippen LogP contribution in [-0.2, 0) is 11.8 Å². The summed E-state index contributed by atoms with van der Waals surface area (Å²) in [6, 6.07) is 0. The molecule has 0 radical (unpaired) electrons. The van der Waals surface area contributed by atoms with Crippen molar-refractivity contribution in [2.45, 2.75) is 44.1 Å². The smallest absolute Gasteiger partial charge is 0.257 e. The summed E-state index contributed by atoms with van der Waals surface area (Å²) in [5.41, 5.74) is 0.625. The number of aryl methyl sites for hydroxylation is 1. The second-order valence-corrected chi connectivity index (χ2v) is 8.01. The van der Waals surface area contributed by atoms with Crippen LogP contribution in [-0.4, -0.2) is 81.1 Å². The van der Waals surface area contributed by atoms with Crippen molar-refractivity contribution in [1.82, 2.24) is 24.5 Å². The molecule has 0 bridgehead atoms. The van der Waals surface area contributed by atoms with Crippen molar-refractivity contribution in [1.29, 1.82) is 0 Å². The third-order valence-corrected chi connectivity index (χ3v) is 6.45. The molecule has 7 heteroatoms. The van der Waals surface area contributed by atoms with E-state index in [1.807, 2.05) is 11.9 Å². The highest BCUT2D eigenvalue weighted by molar-refractivity contribution is 5.93. The van der Waals surface area contributed by atoms with Crippen molar-refractivity contribution in [2.24, 2.45) is 7.05 Å². The lowest BCUT2D eigenvalue weighted by molar-refractivity contribution is -0.132. The topological polar surface area (TPSA) is 61.7 Å². The first-order valence-corrected chi connectivity index (χ1v) is 9.88. The molecule has 3 saturated heterocycles. The number of hydrogen-bond donors (Lipinski definition) is 0. The number of likely N-dealkylation sites (tertiary alicyclic amines) is 3. The van der Waals surface area contributed by atoms with Gasteiger partial charge >= 0.3 is 0 Å². The molecule has 3 fully saturated rings. The van der Waals surface area contributed by atoms with Gasteiger partial charge in [0.15, 0.2) is 0 Å². The number of hydrogen-bond acceptors (Lipinski definition) is 4. The van der Waals surface area contributed by atoms with Crippen LogP contribution in [0.25, 0.3) is 0 Å². The number of aromatic nitrogens is 2. The Labute approximate surface area is 154 Å². The Morgan fingerprint density at radius 2 is 1.85 bits per heavy atom. The maximum Gasteiger partial charge on any atom is 0.257 e. The van der Waals surface area contributed by atoms with Crippen LogP contribution in [0.5, 0.6) is 0 Å². The second kappa shape index (κ2) is 7.02. The molecule has 4 heterocycles. The number of amides is 2. The fourth-order valence-electron chi connectivity index (χ4n) is 4.84. The Balaban J connectivity index is 1.37. The van der Waals surface area contributed by atoms with E-state index >= 15 is 0 Å². The largest absolute Gasteiger partial charge is 0.338 e. The monoisotopic (exact) mass is 359 g/mol. The molecule has 4 rings (SSSR count). The lowest BCUT2D eigenvalue weighted by Gasteiger charge is -2.45. The third-order valence-electron chi connectivity index (χ3n) is 6.45. The number of nitrogens with zero attached hydrogens (tertiary/aromatic N) is 5. The van der Waals surface area contributed by atoms with Crippen molar-refractivity contribution in [3.8, 4) is 0 Å². The highest BCUT2D eigenvalue weighted by atomic mass is 16.2. The van der Waals surface area contributed by atoms with Gasteiger partial charge in [0.1, 0.15) is 0 Å². The zero-order chi connectivity index (χ0) is 18.1. The van der Waals surface area contributed by atoms with Crippen molar-refractivity contribution >= 4 is 11.8 Å². The van der Waals surface area contributed by atoms with E-state index in [0.29, 0.717) is 17.9 Å². The molecule has 0 N–H and O–H groups in total. The lowest BCUT2D eigenvalue weighted by Crippen LogP contribution is -2.55. The van der Waals surface area contributed by atoms with E-state index in [9.17, 15) is 9.59 Å². The molecule has 0 saturated carbocycles. The quantitative estimate of drug-likeness (QED) is 0.808. The zero-order valence-electron chi connectivity index (χ0n) is 15.7. The molecular formula is C19H29N5O2. The standard InChI is InChI=1S/C19H29N5O2/c1-21-15-16(14-20-21)18(26)23-10-6-19(7-11-23)5-4-17(25)24(19)13-12-22-8-2-3-9-22/h14-15H,2-13H2,1H3. The van der Waals surface area contributed by atoms with Crippen LogP contribution in [0.4, 0.5) is 0 Å². The van der Waals surface area contributed by atoms with Gasteiger partial charge in [-0.15, -0.1) is 0 Å². The highest BCUT2D eigenvalue weighted by Crippen LogP contribution is 2.39.